The monoisotopic (exact) mass is 305 g/mol. The summed E-state index contributed by atoms with van der Waals surface area (Å²) in [6.45, 7) is 1.27. The normalized spacial score (nSPS) is 10.4. The Morgan fingerprint density at radius 3 is 2.57 bits per heavy atom. The molecular weight excluding hydrogens is 286 g/mol. The van der Waals surface area contributed by atoms with Gasteiger partial charge >= 0.3 is 0 Å². The van der Waals surface area contributed by atoms with Gasteiger partial charge in [0.2, 0.25) is 0 Å². The molecule has 0 heterocycles. The Bertz CT molecular complexity index is 573. The molecule has 0 amide bonds. The molecule has 112 valence electrons. The number of hydrogen-bond acceptors (Lipinski definition) is 3. The van der Waals surface area contributed by atoms with E-state index >= 15 is 0 Å². The van der Waals surface area contributed by atoms with E-state index < -0.39 is 0 Å². The predicted molar refractivity (Wildman–Crippen MR) is 86.4 cm³/mol. The van der Waals surface area contributed by atoms with Gasteiger partial charge in [0, 0.05) is 29.6 Å². The maximum atomic E-state index is 6.10. The molecular formula is C17H20ClNO2. The fraction of sp³-hybridized carbons (Fsp3) is 0.294. The molecule has 2 rings (SSSR count). The zero-order valence-electron chi connectivity index (χ0n) is 12.4. The molecule has 0 aliphatic rings. The minimum absolute atomic E-state index is 0.596. The number of hydrogen-bond donors (Lipinski definition) is 1. The van der Waals surface area contributed by atoms with Gasteiger partial charge < -0.3 is 14.8 Å². The Morgan fingerprint density at radius 2 is 1.90 bits per heavy atom. The lowest BCUT2D eigenvalue weighted by Crippen LogP contribution is -2.10. The van der Waals surface area contributed by atoms with Crippen LogP contribution in [0.25, 0.3) is 0 Å². The molecule has 0 saturated carbocycles. The lowest BCUT2D eigenvalue weighted by molar-refractivity contribution is 0.294. The molecule has 0 saturated heterocycles. The molecule has 4 heteroatoms. The van der Waals surface area contributed by atoms with E-state index in [9.17, 15) is 0 Å². The van der Waals surface area contributed by atoms with Gasteiger partial charge in [0.05, 0.1) is 13.7 Å². The minimum Gasteiger partial charge on any atom is -0.493 e. The van der Waals surface area contributed by atoms with Gasteiger partial charge in [0.15, 0.2) is 11.5 Å². The molecule has 1 N–H and O–H groups in total. The standard InChI is InChI=1S/C17H20ClNO2/c1-19-12-14-10-15(18)11-16(20-2)17(14)21-9-8-13-6-4-3-5-7-13/h3-7,10-11,19H,8-9,12H2,1-2H3. The van der Waals surface area contributed by atoms with E-state index in [1.165, 1.54) is 5.56 Å². The van der Waals surface area contributed by atoms with Crippen LogP contribution in [0.1, 0.15) is 11.1 Å². The maximum Gasteiger partial charge on any atom is 0.165 e. The highest BCUT2D eigenvalue weighted by Crippen LogP contribution is 2.34. The summed E-state index contributed by atoms with van der Waals surface area (Å²) in [5.41, 5.74) is 2.25. The third-order valence-corrected chi connectivity index (χ3v) is 3.38. The van der Waals surface area contributed by atoms with Gasteiger partial charge in [-0.05, 0) is 18.7 Å². The number of rotatable bonds is 7. The van der Waals surface area contributed by atoms with Gasteiger partial charge in [0.1, 0.15) is 0 Å². The van der Waals surface area contributed by atoms with E-state index in [2.05, 4.69) is 17.4 Å². The second-order valence-corrected chi connectivity index (χ2v) is 5.15. The van der Waals surface area contributed by atoms with Gasteiger partial charge in [-0.3, -0.25) is 0 Å². The third-order valence-electron chi connectivity index (χ3n) is 3.16. The Balaban J connectivity index is 2.10. The highest BCUT2D eigenvalue weighted by molar-refractivity contribution is 6.30. The Hall–Kier alpha value is -1.71. The zero-order chi connectivity index (χ0) is 15.1. The summed E-state index contributed by atoms with van der Waals surface area (Å²) in [7, 11) is 3.51. The van der Waals surface area contributed by atoms with Crippen LogP contribution in [-0.2, 0) is 13.0 Å². The Kier molecular flexibility index (Phi) is 5.90. The quantitative estimate of drug-likeness (QED) is 0.846. The molecule has 21 heavy (non-hydrogen) atoms. The summed E-state index contributed by atoms with van der Waals surface area (Å²) in [4.78, 5) is 0. The van der Waals surface area contributed by atoms with Crippen LogP contribution < -0.4 is 14.8 Å². The molecule has 0 spiro atoms. The van der Waals surface area contributed by atoms with Gasteiger partial charge in [-0.1, -0.05) is 41.9 Å². The van der Waals surface area contributed by atoms with Crippen LogP contribution in [-0.4, -0.2) is 20.8 Å². The smallest absolute Gasteiger partial charge is 0.165 e. The molecule has 0 bridgehead atoms. The molecule has 0 radical (unpaired) electrons. The molecule has 0 unspecified atom stereocenters. The van der Waals surface area contributed by atoms with Crippen molar-refractivity contribution >= 4 is 11.6 Å². The van der Waals surface area contributed by atoms with Crippen molar-refractivity contribution < 1.29 is 9.47 Å². The number of methoxy groups -OCH3 is 1. The molecule has 0 aromatic heterocycles. The summed E-state index contributed by atoms with van der Waals surface area (Å²) in [5.74, 6) is 1.42. The van der Waals surface area contributed by atoms with Crippen LogP contribution in [0.5, 0.6) is 11.5 Å². The summed E-state index contributed by atoms with van der Waals surface area (Å²) in [6, 6.07) is 13.9. The molecule has 0 fully saturated rings. The highest BCUT2D eigenvalue weighted by atomic mass is 35.5. The van der Waals surface area contributed by atoms with Crippen LogP contribution in [0.3, 0.4) is 0 Å². The molecule has 0 atom stereocenters. The fourth-order valence-electron chi connectivity index (χ4n) is 2.18. The third kappa shape index (κ3) is 4.38. The number of benzene rings is 2. The second-order valence-electron chi connectivity index (χ2n) is 4.71. The minimum atomic E-state index is 0.596. The maximum absolute atomic E-state index is 6.10. The van der Waals surface area contributed by atoms with E-state index in [1.807, 2.05) is 31.3 Å². The second kappa shape index (κ2) is 7.91. The van der Waals surface area contributed by atoms with Gasteiger partial charge in [-0.2, -0.15) is 0 Å². The SMILES string of the molecule is CNCc1cc(Cl)cc(OC)c1OCCc1ccccc1. The lowest BCUT2D eigenvalue weighted by Gasteiger charge is -2.15. The molecule has 2 aromatic rings. The van der Waals surface area contributed by atoms with Crippen molar-refractivity contribution in [2.75, 3.05) is 20.8 Å². The number of halogens is 1. The Labute approximate surface area is 130 Å². The predicted octanol–water partition coefficient (Wildman–Crippen LogP) is 3.69. The number of ether oxygens (including phenoxy) is 2. The largest absolute Gasteiger partial charge is 0.493 e. The first-order chi connectivity index (χ1) is 10.2. The first kappa shape index (κ1) is 15.7. The van der Waals surface area contributed by atoms with Crippen molar-refractivity contribution in [1.82, 2.24) is 5.32 Å². The van der Waals surface area contributed by atoms with Crippen molar-refractivity contribution in [2.24, 2.45) is 0 Å². The first-order valence-corrected chi connectivity index (χ1v) is 7.30. The van der Waals surface area contributed by atoms with Crippen LogP contribution in [0.2, 0.25) is 5.02 Å². The summed E-state index contributed by atoms with van der Waals surface area (Å²) < 4.78 is 11.3. The summed E-state index contributed by atoms with van der Waals surface area (Å²) >= 11 is 6.10. The van der Waals surface area contributed by atoms with E-state index in [0.717, 1.165) is 17.7 Å². The fourth-order valence-corrected chi connectivity index (χ4v) is 2.41. The van der Waals surface area contributed by atoms with Crippen molar-refractivity contribution in [3.05, 3.63) is 58.6 Å². The molecule has 0 aliphatic heterocycles. The number of nitrogens with one attached hydrogen (secondary N) is 1. The van der Waals surface area contributed by atoms with Gasteiger partial charge in [-0.25, -0.2) is 0 Å². The van der Waals surface area contributed by atoms with Crippen LogP contribution >= 0.6 is 11.6 Å². The molecule has 0 aliphatic carbocycles. The van der Waals surface area contributed by atoms with Crippen molar-refractivity contribution in [1.29, 1.82) is 0 Å². The van der Waals surface area contributed by atoms with E-state index in [-0.39, 0.29) is 0 Å². The summed E-state index contributed by atoms with van der Waals surface area (Å²) in [5, 5.41) is 3.76. The molecule has 3 nitrogen and oxygen atoms in total. The van der Waals surface area contributed by atoms with E-state index in [4.69, 9.17) is 21.1 Å². The van der Waals surface area contributed by atoms with Crippen LogP contribution in [0, 0.1) is 0 Å². The van der Waals surface area contributed by atoms with Crippen molar-refractivity contribution in [2.45, 2.75) is 13.0 Å². The lowest BCUT2D eigenvalue weighted by atomic mass is 10.1. The van der Waals surface area contributed by atoms with Gasteiger partial charge in [-0.15, -0.1) is 0 Å². The van der Waals surface area contributed by atoms with Crippen molar-refractivity contribution in [3.63, 3.8) is 0 Å². The topological polar surface area (TPSA) is 30.5 Å². The van der Waals surface area contributed by atoms with Crippen LogP contribution in [0.4, 0.5) is 0 Å². The van der Waals surface area contributed by atoms with E-state index in [1.54, 1.807) is 13.2 Å². The average molecular weight is 306 g/mol. The first-order valence-electron chi connectivity index (χ1n) is 6.92. The van der Waals surface area contributed by atoms with Crippen LogP contribution in [0.15, 0.2) is 42.5 Å². The van der Waals surface area contributed by atoms with E-state index in [0.29, 0.717) is 23.9 Å². The average Bonchev–Trinajstić information content (AvgIpc) is 2.50. The Morgan fingerprint density at radius 1 is 1.14 bits per heavy atom. The summed E-state index contributed by atoms with van der Waals surface area (Å²) in [6.07, 6.45) is 0.853. The zero-order valence-corrected chi connectivity index (χ0v) is 13.1. The molecule has 2 aromatic carbocycles. The van der Waals surface area contributed by atoms with Gasteiger partial charge in [0.25, 0.3) is 0 Å². The highest BCUT2D eigenvalue weighted by Gasteiger charge is 2.12. The van der Waals surface area contributed by atoms with Crippen molar-refractivity contribution in [3.8, 4) is 11.5 Å².